The maximum atomic E-state index is 14.1. The molecule has 2 aromatic carbocycles. The Bertz CT molecular complexity index is 1370. The van der Waals surface area contributed by atoms with Gasteiger partial charge in [0.15, 0.2) is 0 Å². The summed E-state index contributed by atoms with van der Waals surface area (Å²) in [6.45, 7) is 2.37. The highest BCUT2D eigenvalue weighted by Gasteiger charge is 2.32. The quantitative estimate of drug-likeness (QED) is 0.347. The van der Waals surface area contributed by atoms with E-state index in [1.165, 1.54) is 23.5 Å². The molecule has 3 heterocycles. The lowest BCUT2D eigenvalue weighted by Crippen LogP contribution is -2.45. The summed E-state index contributed by atoms with van der Waals surface area (Å²) in [5.41, 5.74) is 0.953. The highest BCUT2D eigenvalue weighted by Crippen LogP contribution is 2.33. The molecule has 6 nitrogen and oxygen atoms in total. The number of nitrogens with zero attached hydrogens (tertiary/aromatic N) is 4. The predicted octanol–water partition coefficient (Wildman–Crippen LogP) is 5.82. The lowest BCUT2D eigenvalue weighted by atomic mass is 9.98. The van der Waals surface area contributed by atoms with Gasteiger partial charge >= 0.3 is 0 Å². The van der Waals surface area contributed by atoms with Gasteiger partial charge in [0, 0.05) is 19.0 Å². The summed E-state index contributed by atoms with van der Waals surface area (Å²) < 4.78 is 46.7. The van der Waals surface area contributed by atoms with E-state index in [1.54, 1.807) is 17.0 Å². The number of benzene rings is 2. The first kappa shape index (κ1) is 23.2. The Morgan fingerprint density at radius 3 is 2.66 bits per heavy atom. The van der Waals surface area contributed by atoms with Crippen LogP contribution in [0.5, 0.6) is 0 Å². The molecule has 1 unspecified atom stereocenters. The molecule has 35 heavy (non-hydrogen) atoms. The molecule has 0 bridgehead atoms. The molecule has 1 fully saturated rings. The molecule has 0 radical (unpaired) electrons. The third-order valence-electron chi connectivity index (χ3n) is 5.97. The van der Waals surface area contributed by atoms with Crippen LogP contribution < -0.4 is 0 Å². The predicted molar refractivity (Wildman–Crippen MR) is 124 cm³/mol. The molecule has 1 saturated heterocycles. The van der Waals surface area contributed by atoms with Crippen molar-refractivity contribution in [1.82, 2.24) is 20.1 Å². The van der Waals surface area contributed by atoms with Gasteiger partial charge in [-0.3, -0.25) is 4.79 Å². The van der Waals surface area contributed by atoms with E-state index < -0.39 is 11.6 Å². The minimum atomic E-state index is -0.664. The number of halogens is 3. The SMILES string of the molecule is Cc1nc(C(=O)N2CCCCC2Cc2nnc(-c3cc(F)ccc3F)o2)c(-c2ccc(F)cc2)s1. The van der Waals surface area contributed by atoms with Gasteiger partial charge in [-0.05, 0) is 62.1 Å². The van der Waals surface area contributed by atoms with Crippen LogP contribution in [0.25, 0.3) is 21.9 Å². The zero-order chi connectivity index (χ0) is 24.5. The van der Waals surface area contributed by atoms with Crippen molar-refractivity contribution in [1.29, 1.82) is 0 Å². The molecule has 5 rings (SSSR count). The van der Waals surface area contributed by atoms with E-state index in [9.17, 15) is 18.0 Å². The van der Waals surface area contributed by atoms with Gasteiger partial charge in [0.1, 0.15) is 23.1 Å². The molecule has 1 atom stereocenters. The monoisotopic (exact) mass is 498 g/mol. The standard InChI is InChI=1S/C25H21F3N4O2S/c1-14-29-22(23(35-14)15-5-7-16(26)8-6-15)25(33)32-11-3-2-4-18(32)13-21-30-31-24(34-21)19-12-17(27)9-10-20(19)28/h5-10,12,18H,2-4,11,13H2,1H3. The molecule has 0 spiro atoms. The van der Waals surface area contributed by atoms with Crippen molar-refractivity contribution in [2.24, 2.45) is 0 Å². The average molecular weight is 499 g/mol. The largest absolute Gasteiger partial charge is 0.421 e. The Morgan fingerprint density at radius 2 is 1.86 bits per heavy atom. The summed E-state index contributed by atoms with van der Waals surface area (Å²) in [5.74, 6) is -1.71. The highest BCUT2D eigenvalue weighted by molar-refractivity contribution is 7.15. The van der Waals surface area contributed by atoms with E-state index in [1.807, 2.05) is 6.92 Å². The fraction of sp³-hybridized carbons (Fsp3) is 0.280. The van der Waals surface area contributed by atoms with Crippen molar-refractivity contribution in [2.45, 2.75) is 38.6 Å². The van der Waals surface area contributed by atoms with Crippen LogP contribution in [-0.2, 0) is 6.42 Å². The summed E-state index contributed by atoms with van der Waals surface area (Å²) in [5, 5.41) is 8.62. The van der Waals surface area contributed by atoms with Crippen LogP contribution in [0, 0.1) is 24.4 Å². The second-order valence-corrected chi connectivity index (χ2v) is 9.60. The van der Waals surface area contributed by atoms with E-state index in [0.717, 1.165) is 48.0 Å². The van der Waals surface area contributed by atoms with Crippen LogP contribution >= 0.6 is 11.3 Å². The number of carbonyl (C=O) groups excluding carboxylic acids is 1. The summed E-state index contributed by atoms with van der Waals surface area (Å²) in [7, 11) is 0. The molecule has 0 aliphatic carbocycles. The molecular weight excluding hydrogens is 477 g/mol. The Balaban J connectivity index is 1.40. The molecule has 1 aliphatic heterocycles. The highest BCUT2D eigenvalue weighted by atomic mass is 32.1. The van der Waals surface area contributed by atoms with E-state index in [4.69, 9.17) is 4.42 Å². The van der Waals surface area contributed by atoms with Gasteiger partial charge in [-0.15, -0.1) is 21.5 Å². The first-order valence-corrected chi connectivity index (χ1v) is 12.0. The molecule has 10 heteroatoms. The number of aromatic nitrogens is 3. The van der Waals surface area contributed by atoms with Gasteiger partial charge in [-0.25, -0.2) is 18.2 Å². The maximum Gasteiger partial charge on any atom is 0.274 e. The Morgan fingerprint density at radius 1 is 1.09 bits per heavy atom. The molecule has 2 aromatic heterocycles. The number of rotatable bonds is 5. The van der Waals surface area contributed by atoms with Crippen LogP contribution in [0.2, 0.25) is 0 Å². The lowest BCUT2D eigenvalue weighted by Gasteiger charge is -2.35. The van der Waals surface area contributed by atoms with Crippen LogP contribution in [0.3, 0.4) is 0 Å². The average Bonchev–Trinajstić information content (AvgIpc) is 3.47. The van der Waals surface area contributed by atoms with Gasteiger partial charge < -0.3 is 9.32 Å². The lowest BCUT2D eigenvalue weighted by molar-refractivity contribution is 0.0601. The van der Waals surface area contributed by atoms with Gasteiger partial charge in [0.25, 0.3) is 11.8 Å². The topological polar surface area (TPSA) is 72.1 Å². The summed E-state index contributed by atoms with van der Waals surface area (Å²) >= 11 is 1.39. The van der Waals surface area contributed by atoms with E-state index in [2.05, 4.69) is 15.2 Å². The summed E-state index contributed by atoms with van der Waals surface area (Å²) in [6.07, 6.45) is 2.78. The molecule has 1 aliphatic rings. The smallest absolute Gasteiger partial charge is 0.274 e. The third-order valence-corrected chi connectivity index (χ3v) is 6.99. The van der Waals surface area contributed by atoms with Crippen LogP contribution in [0.4, 0.5) is 13.2 Å². The number of piperidine rings is 1. The summed E-state index contributed by atoms with van der Waals surface area (Å²) in [6, 6.07) is 8.80. The normalized spacial score (nSPS) is 16.0. The van der Waals surface area contributed by atoms with Gasteiger partial charge in [-0.1, -0.05) is 12.1 Å². The van der Waals surface area contributed by atoms with E-state index >= 15 is 0 Å². The first-order chi connectivity index (χ1) is 16.9. The number of likely N-dealkylation sites (tertiary alicyclic amines) is 1. The second-order valence-electron chi connectivity index (χ2n) is 8.39. The zero-order valence-corrected chi connectivity index (χ0v) is 19.6. The number of aryl methyl sites for hydroxylation is 1. The van der Waals surface area contributed by atoms with Crippen LogP contribution in [0.1, 0.15) is 40.6 Å². The van der Waals surface area contributed by atoms with Crippen LogP contribution in [0.15, 0.2) is 46.9 Å². The van der Waals surface area contributed by atoms with Gasteiger partial charge in [0.2, 0.25) is 5.89 Å². The van der Waals surface area contributed by atoms with Gasteiger partial charge in [0.05, 0.1) is 15.4 Å². The number of amides is 1. The minimum absolute atomic E-state index is 0.109. The fourth-order valence-corrected chi connectivity index (χ4v) is 5.21. The number of hydrogen-bond donors (Lipinski definition) is 0. The van der Waals surface area contributed by atoms with Crippen LogP contribution in [-0.4, -0.2) is 38.6 Å². The minimum Gasteiger partial charge on any atom is -0.421 e. The van der Waals surface area contributed by atoms with Crippen molar-refractivity contribution >= 4 is 17.2 Å². The van der Waals surface area contributed by atoms with Crippen molar-refractivity contribution in [3.8, 4) is 21.9 Å². The van der Waals surface area contributed by atoms with E-state index in [-0.39, 0.29) is 41.5 Å². The van der Waals surface area contributed by atoms with Crippen molar-refractivity contribution in [3.05, 3.63) is 76.5 Å². The number of thiazole rings is 1. The van der Waals surface area contributed by atoms with Crippen molar-refractivity contribution in [2.75, 3.05) is 6.54 Å². The zero-order valence-electron chi connectivity index (χ0n) is 18.8. The Kier molecular flexibility index (Phi) is 6.38. The summed E-state index contributed by atoms with van der Waals surface area (Å²) in [4.78, 5) is 20.6. The molecule has 0 N–H and O–H groups in total. The number of carbonyl (C=O) groups is 1. The molecule has 0 saturated carbocycles. The second kappa shape index (κ2) is 9.61. The third kappa shape index (κ3) is 4.84. The van der Waals surface area contributed by atoms with Gasteiger partial charge in [-0.2, -0.15) is 0 Å². The molecular formula is C25H21F3N4O2S. The molecule has 4 aromatic rings. The first-order valence-electron chi connectivity index (χ1n) is 11.2. The molecule has 1 amide bonds. The molecule has 180 valence electrons. The Hall–Kier alpha value is -3.53. The maximum absolute atomic E-state index is 14.1. The van der Waals surface area contributed by atoms with E-state index in [0.29, 0.717) is 17.1 Å². The Labute approximate surface area is 203 Å². The number of hydrogen-bond acceptors (Lipinski definition) is 6. The van der Waals surface area contributed by atoms with Crippen molar-refractivity contribution in [3.63, 3.8) is 0 Å². The van der Waals surface area contributed by atoms with Crippen molar-refractivity contribution < 1.29 is 22.4 Å². The fourth-order valence-electron chi connectivity index (χ4n) is 4.29.